The number of hydrogen-bond acceptors (Lipinski definition) is 7. The van der Waals surface area contributed by atoms with Crippen LogP contribution in [0, 0.1) is 18.7 Å². The van der Waals surface area contributed by atoms with Gasteiger partial charge in [0.25, 0.3) is 5.91 Å². The van der Waals surface area contributed by atoms with Gasteiger partial charge in [-0.05, 0) is 43.9 Å². The van der Waals surface area contributed by atoms with Gasteiger partial charge in [0, 0.05) is 42.2 Å². The second kappa shape index (κ2) is 8.49. The highest BCUT2D eigenvalue weighted by Gasteiger charge is 2.32. The molecule has 10 heteroatoms. The number of nitrogens with one attached hydrogen (secondary N) is 1. The van der Waals surface area contributed by atoms with E-state index < -0.39 is 12.5 Å². The first kappa shape index (κ1) is 22.0. The molecule has 3 atom stereocenters. The Bertz CT molecular complexity index is 1230. The lowest BCUT2D eigenvalue weighted by atomic mass is 9.91. The van der Waals surface area contributed by atoms with E-state index in [9.17, 15) is 13.6 Å². The predicted molar refractivity (Wildman–Crippen MR) is 126 cm³/mol. The molecule has 5 N–H and O–H groups in total. The molecule has 5 rings (SSSR count). The number of carbonyl (C=O) groups excluding carboxylic acids is 1. The van der Waals surface area contributed by atoms with Crippen LogP contribution in [0.1, 0.15) is 33.0 Å². The third-order valence-electron chi connectivity index (χ3n) is 6.65. The molecule has 1 amide bonds. The number of hydrogen-bond donors (Lipinski definition) is 3. The number of halogens is 2. The van der Waals surface area contributed by atoms with Crippen molar-refractivity contribution in [3.63, 3.8) is 0 Å². The molecule has 0 spiro atoms. The number of anilines is 2. The van der Waals surface area contributed by atoms with E-state index in [1.165, 1.54) is 17.4 Å². The lowest BCUT2D eigenvalue weighted by Crippen LogP contribution is -2.39. The van der Waals surface area contributed by atoms with Crippen LogP contribution in [0.5, 0.6) is 0 Å². The molecule has 4 heterocycles. The fourth-order valence-electron chi connectivity index (χ4n) is 4.67. The van der Waals surface area contributed by atoms with E-state index in [0.717, 1.165) is 29.9 Å². The Morgan fingerprint density at radius 3 is 2.91 bits per heavy atom. The summed E-state index contributed by atoms with van der Waals surface area (Å²) in [6.07, 6.45) is 2.14. The van der Waals surface area contributed by atoms with Crippen LogP contribution in [0.3, 0.4) is 0 Å². The summed E-state index contributed by atoms with van der Waals surface area (Å²) in [5.41, 5.74) is 14.8. The predicted octanol–water partition coefficient (Wildman–Crippen LogP) is 2.74. The van der Waals surface area contributed by atoms with Crippen LogP contribution in [0.2, 0.25) is 0 Å². The smallest absolute Gasteiger partial charge is 0.263 e. The van der Waals surface area contributed by atoms with Gasteiger partial charge >= 0.3 is 0 Å². The molecule has 0 aromatic carbocycles. The Morgan fingerprint density at radius 2 is 2.15 bits per heavy atom. The lowest BCUT2D eigenvalue weighted by Gasteiger charge is -2.26. The van der Waals surface area contributed by atoms with Crippen LogP contribution in [0.4, 0.5) is 20.3 Å². The number of aryl methyl sites for hydroxylation is 2. The fraction of sp³-hybridized carbons (Fsp3) is 0.435. The van der Waals surface area contributed by atoms with Crippen LogP contribution in [0.25, 0.3) is 10.2 Å². The zero-order valence-corrected chi connectivity index (χ0v) is 19.1. The second-order valence-corrected chi connectivity index (χ2v) is 9.92. The van der Waals surface area contributed by atoms with Gasteiger partial charge < -0.3 is 21.7 Å². The molecular weight excluding hydrogens is 446 g/mol. The first-order valence-electron chi connectivity index (χ1n) is 11.0. The van der Waals surface area contributed by atoms with Gasteiger partial charge in [-0.15, -0.1) is 11.3 Å². The van der Waals surface area contributed by atoms with E-state index in [2.05, 4.69) is 10.3 Å². The standard InChI is InChI=1S/C23H26F2N6OS/c1-11-16(25)7-15-20(27)21(33-23(15)28-11)22(32)29-14-3-4-18-12(6-14)2-5-19(30-18)31-9-13(8-24)17(26)10-31/h2,5,7,13-14,17H,3-4,6,8-10,26-27H2,1H3,(H,29,32)/t13-,14-,17+/m0/s1. The molecule has 0 unspecified atom stereocenters. The molecule has 0 radical (unpaired) electrons. The molecule has 0 saturated carbocycles. The SMILES string of the molecule is Cc1nc2sc(C(=O)N[C@H]3CCc4nc(N5C[C@H](CF)[C@H](N)C5)ccc4C3)c(N)c2cc1F. The third kappa shape index (κ3) is 4.02. The number of thiophene rings is 1. The third-order valence-corrected chi connectivity index (χ3v) is 7.77. The Hall–Kier alpha value is -2.85. The minimum atomic E-state index is -0.439. The number of nitrogens with zero attached hydrogens (tertiary/aromatic N) is 3. The number of carbonyl (C=O) groups is 1. The van der Waals surface area contributed by atoms with Crippen molar-refractivity contribution in [2.24, 2.45) is 11.7 Å². The zero-order chi connectivity index (χ0) is 23.3. The van der Waals surface area contributed by atoms with Crippen molar-refractivity contribution in [3.8, 4) is 0 Å². The molecule has 0 bridgehead atoms. The number of amides is 1. The van der Waals surface area contributed by atoms with Crippen molar-refractivity contribution in [2.45, 2.75) is 38.3 Å². The topological polar surface area (TPSA) is 110 Å². The maximum atomic E-state index is 13.9. The van der Waals surface area contributed by atoms with Gasteiger partial charge in [0.2, 0.25) is 0 Å². The first-order valence-corrected chi connectivity index (χ1v) is 11.9. The largest absolute Gasteiger partial charge is 0.397 e. The van der Waals surface area contributed by atoms with Gasteiger partial charge in [-0.2, -0.15) is 0 Å². The van der Waals surface area contributed by atoms with Gasteiger partial charge in [0.15, 0.2) is 0 Å². The number of aromatic nitrogens is 2. The number of fused-ring (bicyclic) bond motifs is 2. The fourth-order valence-corrected chi connectivity index (χ4v) is 5.70. The molecule has 7 nitrogen and oxygen atoms in total. The summed E-state index contributed by atoms with van der Waals surface area (Å²) in [5, 5.41) is 3.54. The molecule has 2 aliphatic rings. The molecule has 1 aliphatic heterocycles. The summed E-state index contributed by atoms with van der Waals surface area (Å²) in [6, 6.07) is 5.09. The number of pyridine rings is 2. The minimum absolute atomic E-state index is 0.0511. The summed E-state index contributed by atoms with van der Waals surface area (Å²) >= 11 is 1.18. The molecular formula is C23H26F2N6OS. The highest BCUT2D eigenvalue weighted by atomic mass is 32.1. The number of alkyl halides is 1. The van der Waals surface area contributed by atoms with Crippen molar-refractivity contribution < 1.29 is 13.6 Å². The molecule has 1 aliphatic carbocycles. The lowest BCUT2D eigenvalue weighted by molar-refractivity contribution is 0.0938. The average molecular weight is 473 g/mol. The number of nitrogens with two attached hydrogens (primary N) is 2. The van der Waals surface area contributed by atoms with Crippen LogP contribution in [-0.4, -0.2) is 47.7 Å². The normalized spacial score (nSPS) is 22.5. The quantitative estimate of drug-likeness (QED) is 0.539. The van der Waals surface area contributed by atoms with Crippen molar-refractivity contribution in [1.29, 1.82) is 0 Å². The van der Waals surface area contributed by atoms with Gasteiger partial charge in [0.1, 0.15) is 21.3 Å². The van der Waals surface area contributed by atoms with E-state index in [4.69, 9.17) is 16.5 Å². The van der Waals surface area contributed by atoms with Crippen LogP contribution in [-0.2, 0) is 12.8 Å². The minimum Gasteiger partial charge on any atom is -0.397 e. The maximum absolute atomic E-state index is 13.9. The maximum Gasteiger partial charge on any atom is 0.263 e. The van der Waals surface area contributed by atoms with Crippen molar-refractivity contribution in [3.05, 3.63) is 45.8 Å². The van der Waals surface area contributed by atoms with Crippen molar-refractivity contribution >= 4 is 39.0 Å². The summed E-state index contributed by atoms with van der Waals surface area (Å²) in [7, 11) is 0. The molecule has 33 heavy (non-hydrogen) atoms. The molecule has 3 aromatic rings. The van der Waals surface area contributed by atoms with E-state index >= 15 is 0 Å². The summed E-state index contributed by atoms with van der Waals surface area (Å²) in [5.74, 6) is -0.0316. The number of nitrogen functional groups attached to an aromatic ring is 1. The molecule has 1 fully saturated rings. The van der Waals surface area contributed by atoms with E-state index in [1.807, 2.05) is 17.0 Å². The Kier molecular flexibility index (Phi) is 5.65. The van der Waals surface area contributed by atoms with Gasteiger partial charge in [-0.25, -0.2) is 14.4 Å². The highest BCUT2D eigenvalue weighted by molar-refractivity contribution is 7.21. The van der Waals surface area contributed by atoms with E-state index in [0.29, 0.717) is 34.6 Å². The molecule has 3 aromatic heterocycles. The van der Waals surface area contributed by atoms with Gasteiger partial charge in [-0.1, -0.05) is 6.07 Å². The zero-order valence-electron chi connectivity index (χ0n) is 18.3. The van der Waals surface area contributed by atoms with Crippen molar-refractivity contribution in [2.75, 3.05) is 30.4 Å². The van der Waals surface area contributed by atoms with Gasteiger partial charge in [0.05, 0.1) is 18.1 Å². The molecule has 1 saturated heterocycles. The van der Waals surface area contributed by atoms with Crippen LogP contribution >= 0.6 is 11.3 Å². The van der Waals surface area contributed by atoms with E-state index in [1.54, 1.807) is 6.92 Å². The highest BCUT2D eigenvalue weighted by Crippen LogP contribution is 2.34. The summed E-state index contributed by atoms with van der Waals surface area (Å²) in [4.78, 5) is 24.9. The van der Waals surface area contributed by atoms with Crippen molar-refractivity contribution in [1.82, 2.24) is 15.3 Å². The first-order chi connectivity index (χ1) is 15.8. The van der Waals surface area contributed by atoms with Crippen LogP contribution in [0.15, 0.2) is 18.2 Å². The summed E-state index contributed by atoms with van der Waals surface area (Å²) < 4.78 is 27.0. The monoisotopic (exact) mass is 472 g/mol. The second-order valence-electron chi connectivity index (χ2n) is 8.92. The molecule has 174 valence electrons. The Morgan fingerprint density at radius 1 is 1.33 bits per heavy atom. The number of rotatable bonds is 4. The Labute approximate surface area is 194 Å². The van der Waals surface area contributed by atoms with E-state index in [-0.39, 0.29) is 35.3 Å². The Balaban J connectivity index is 1.29. The van der Waals surface area contributed by atoms with Gasteiger partial charge in [-0.3, -0.25) is 9.18 Å². The summed E-state index contributed by atoms with van der Waals surface area (Å²) in [6.45, 7) is 2.35. The van der Waals surface area contributed by atoms with Crippen LogP contribution < -0.4 is 21.7 Å². The average Bonchev–Trinajstić information content (AvgIpc) is 3.33.